The molecule has 118 valence electrons. The molecular weight excluding hydrogens is 269 g/mol. The highest BCUT2D eigenvalue weighted by Crippen LogP contribution is 2.26. The molecule has 2 rings (SSSR count). The Hall–Kier alpha value is -1.20. The van der Waals surface area contributed by atoms with E-state index in [1.54, 1.807) is 13.2 Å². The maximum Gasteiger partial charge on any atom is 0.141 e. The molecule has 1 fully saturated rings. The van der Waals surface area contributed by atoms with Crippen molar-refractivity contribution in [2.45, 2.75) is 45.9 Å². The van der Waals surface area contributed by atoms with Crippen molar-refractivity contribution < 1.29 is 9.13 Å². The topological polar surface area (TPSA) is 37.4 Å². The van der Waals surface area contributed by atoms with Crippen molar-refractivity contribution in [1.82, 2.24) is 10.3 Å². The van der Waals surface area contributed by atoms with Crippen molar-refractivity contribution in [3.8, 4) is 0 Å². The Bertz CT molecular complexity index is 467. The summed E-state index contributed by atoms with van der Waals surface area (Å²) in [5.41, 5.74) is 0.910. The van der Waals surface area contributed by atoms with Gasteiger partial charge in [0.25, 0.3) is 0 Å². The Labute approximate surface area is 126 Å². The van der Waals surface area contributed by atoms with Gasteiger partial charge >= 0.3 is 0 Å². The summed E-state index contributed by atoms with van der Waals surface area (Å²) >= 11 is 0. The second-order valence-corrected chi connectivity index (χ2v) is 6.16. The zero-order valence-corrected chi connectivity index (χ0v) is 13.4. The average Bonchev–Trinajstić information content (AvgIpc) is 2.46. The molecule has 0 amide bonds. The molecule has 0 spiro atoms. The molecule has 1 aliphatic heterocycles. The molecule has 0 saturated carbocycles. The number of nitrogens with one attached hydrogen (secondary N) is 1. The number of nitrogens with zero attached hydrogens (tertiary/aromatic N) is 2. The third-order valence-electron chi connectivity index (χ3n) is 4.10. The van der Waals surface area contributed by atoms with E-state index in [4.69, 9.17) is 4.74 Å². The van der Waals surface area contributed by atoms with Crippen LogP contribution in [0.5, 0.6) is 0 Å². The Balaban J connectivity index is 2.18. The first-order chi connectivity index (χ1) is 10.0. The molecule has 0 aliphatic carbocycles. The molecule has 2 heterocycles. The van der Waals surface area contributed by atoms with Gasteiger partial charge in [-0.2, -0.15) is 0 Å². The summed E-state index contributed by atoms with van der Waals surface area (Å²) in [5, 5.41) is 3.34. The van der Waals surface area contributed by atoms with E-state index in [-0.39, 0.29) is 11.9 Å². The van der Waals surface area contributed by atoms with Crippen LogP contribution in [0, 0.1) is 11.7 Å². The number of rotatable bonds is 5. The zero-order chi connectivity index (χ0) is 15.4. The lowest BCUT2D eigenvalue weighted by molar-refractivity contribution is 0.0496. The van der Waals surface area contributed by atoms with Crippen LogP contribution < -0.4 is 10.2 Å². The predicted octanol–water partition coefficient (Wildman–Crippen LogP) is 2.58. The maximum atomic E-state index is 13.5. The minimum Gasteiger partial charge on any atom is -0.379 e. The number of anilines is 1. The summed E-state index contributed by atoms with van der Waals surface area (Å²) in [5.74, 6) is 1.13. The Morgan fingerprint density at radius 3 is 2.95 bits per heavy atom. The molecule has 0 radical (unpaired) electrons. The van der Waals surface area contributed by atoms with Crippen LogP contribution in [0.1, 0.15) is 32.8 Å². The lowest BCUT2D eigenvalue weighted by Gasteiger charge is -2.37. The van der Waals surface area contributed by atoms with Gasteiger partial charge in [-0.05, 0) is 18.4 Å². The molecule has 0 aromatic carbocycles. The van der Waals surface area contributed by atoms with Gasteiger partial charge in [-0.1, -0.05) is 20.8 Å². The third-order valence-corrected chi connectivity index (χ3v) is 4.10. The van der Waals surface area contributed by atoms with Gasteiger partial charge in [0.05, 0.1) is 12.3 Å². The van der Waals surface area contributed by atoms with Crippen LogP contribution in [0.4, 0.5) is 10.2 Å². The zero-order valence-electron chi connectivity index (χ0n) is 13.4. The number of aromatic nitrogens is 1. The number of piperidine rings is 1. The van der Waals surface area contributed by atoms with Gasteiger partial charge in [0.15, 0.2) is 0 Å². The Morgan fingerprint density at radius 1 is 1.52 bits per heavy atom. The lowest BCUT2D eigenvalue weighted by Crippen LogP contribution is -2.44. The number of halogens is 1. The van der Waals surface area contributed by atoms with E-state index in [0.717, 1.165) is 30.9 Å². The van der Waals surface area contributed by atoms with E-state index >= 15 is 0 Å². The van der Waals surface area contributed by atoms with Gasteiger partial charge in [-0.25, -0.2) is 9.37 Å². The van der Waals surface area contributed by atoms with Crippen molar-refractivity contribution in [3.63, 3.8) is 0 Å². The van der Waals surface area contributed by atoms with Crippen LogP contribution in [0.15, 0.2) is 12.3 Å². The second kappa shape index (κ2) is 7.18. The molecule has 1 aromatic heterocycles. The first-order valence-corrected chi connectivity index (χ1v) is 7.66. The molecule has 1 aliphatic rings. The fourth-order valence-corrected chi connectivity index (χ4v) is 2.74. The molecular formula is C16H26FN3O. The SMILES string of the molecule is COC1CN(c2ncc(F)cc2CNC(C)C)CCC1C. The monoisotopic (exact) mass is 295 g/mol. The van der Waals surface area contributed by atoms with E-state index in [0.29, 0.717) is 18.5 Å². The molecule has 5 heteroatoms. The smallest absolute Gasteiger partial charge is 0.141 e. The van der Waals surface area contributed by atoms with Crippen molar-refractivity contribution >= 4 is 5.82 Å². The summed E-state index contributed by atoms with van der Waals surface area (Å²) in [6, 6.07) is 1.94. The van der Waals surface area contributed by atoms with E-state index in [1.165, 1.54) is 6.20 Å². The van der Waals surface area contributed by atoms with Crippen LogP contribution in [0.3, 0.4) is 0 Å². The van der Waals surface area contributed by atoms with Crippen LogP contribution in [-0.4, -0.2) is 37.3 Å². The summed E-state index contributed by atoms with van der Waals surface area (Å²) < 4.78 is 19.1. The van der Waals surface area contributed by atoms with Gasteiger partial charge in [-0.15, -0.1) is 0 Å². The lowest BCUT2D eigenvalue weighted by atomic mass is 9.95. The van der Waals surface area contributed by atoms with E-state index in [2.05, 4.69) is 36.0 Å². The minimum atomic E-state index is -0.284. The summed E-state index contributed by atoms with van der Waals surface area (Å²) in [6.07, 6.45) is 2.57. The molecule has 2 atom stereocenters. The third kappa shape index (κ3) is 4.14. The molecule has 2 unspecified atom stereocenters. The highest BCUT2D eigenvalue weighted by Gasteiger charge is 2.28. The number of hydrogen-bond acceptors (Lipinski definition) is 4. The fraction of sp³-hybridized carbons (Fsp3) is 0.688. The van der Waals surface area contributed by atoms with Gasteiger partial charge in [-0.3, -0.25) is 0 Å². The van der Waals surface area contributed by atoms with Gasteiger partial charge < -0.3 is 15.0 Å². The number of hydrogen-bond donors (Lipinski definition) is 1. The van der Waals surface area contributed by atoms with Crippen LogP contribution in [0.2, 0.25) is 0 Å². The summed E-state index contributed by atoms with van der Waals surface area (Å²) in [7, 11) is 1.75. The van der Waals surface area contributed by atoms with Crippen molar-refractivity contribution in [1.29, 1.82) is 0 Å². The first-order valence-electron chi connectivity index (χ1n) is 7.66. The molecule has 0 bridgehead atoms. The first kappa shape index (κ1) is 16.2. The molecule has 4 nitrogen and oxygen atoms in total. The minimum absolute atomic E-state index is 0.205. The van der Waals surface area contributed by atoms with E-state index < -0.39 is 0 Å². The molecule has 21 heavy (non-hydrogen) atoms. The standard InChI is InChI=1S/C16H26FN3O/c1-11(2)18-8-13-7-14(17)9-19-16(13)20-6-5-12(3)15(10-20)21-4/h7,9,11-12,15,18H,5-6,8,10H2,1-4H3. The highest BCUT2D eigenvalue weighted by atomic mass is 19.1. The summed E-state index contributed by atoms with van der Waals surface area (Å²) in [4.78, 5) is 6.54. The second-order valence-electron chi connectivity index (χ2n) is 6.16. The molecule has 1 saturated heterocycles. The van der Waals surface area contributed by atoms with Crippen molar-refractivity contribution in [2.75, 3.05) is 25.1 Å². The molecule has 1 aromatic rings. The molecule has 1 N–H and O–H groups in total. The van der Waals surface area contributed by atoms with Crippen LogP contribution in [-0.2, 0) is 11.3 Å². The number of methoxy groups -OCH3 is 1. The summed E-state index contributed by atoms with van der Waals surface area (Å²) in [6.45, 7) is 8.75. The fourth-order valence-electron chi connectivity index (χ4n) is 2.74. The van der Waals surface area contributed by atoms with Gasteiger partial charge in [0.2, 0.25) is 0 Å². The largest absolute Gasteiger partial charge is 0.379 e. The quantitative estimate of drug-likeness (QED) is 0.906. The Morgan fingerprint density at radius 2 is 2.29 bits per heavy atom. The van der Waals surface area contributed by atoms with Crippen LogP contribution >= 0.6 is 0 Å². The van der Waals surface area contributed by atoms with Crippen molar-refractivity contribution in [2.24, 2.45) is 5.92 Å². The van der Waals surface area contributed by atoms with Gasteiger partial charge in [0.1, 0.15) is 11.6 Å². The number of pyridine rings is 1. The van der Waals surface area contributed by atoms with Crippen LogP contribution in [0.25, 0.3) is 0 Å². The number of ether oxygens (including phenoxy) is 1. The normalized spacial score (nSPS) is 22.9. The highest BCUT2D eigenvalue weighted by molar-refractivity contribution is 5.47. The van der Waals surface area contributed by atoms with Gasteiger partial charge in [0, 0.05) is 38.3 Å². The predicted molar refractivity (Wildman–Crippen MR) is 83.0 cm³/mol. The average molecular weight is 295 g/mol. The Kier molecular flexibility index (Phi) is 5.53. The van der Waals surface area contributed by atoms with Crippen molar-refractivity contribution in [3.05, 3.63) is 23.6 Å². The van der Waals surface area contributed by atoms with E-state index in [9.17, 15) is 4.39 Å². The van der Waals surface area contributed by atoms with E-state index in [1.807, 2.05) is 0 Å². The maximum absolute atomic E-state index is 13.5.